The van der Waals surface area contributed by atoms with Crippen molar-refractivity contribution in [3.63, 3.8) is 0 Å². The maximum atomic E-state index is 13.8. The topological polar surface area (TPSA) is 98.4 Å². The number of carbonyl (C=O) groups excluding carboxylic acids is 2. The first-order valence-electron chi connectivity index (χ1n) is 11.4. The fourth-order valence-electron chi connectivity index (χ4n) is 4.64. The summed E-state index contributed by atoms with van der Waals surface area (Å²) in [4.78, 5) is 28.6. The third kappa shape index (κ3) is 3.46. The molecule has 8 heteroatoms. The number of fused-ring (bicyclic) bond motifs is 2. The summed E-state index contributed by atoms with van der Waals surface area (Å²) in [6.07, 6.45) is 0. The Hall–Kier alpha value is -4.72. The van der Waals surface area contributed by atoms with Gasteiger partial charge in [0.2, 0.25) is 5.78 Å². The molecular weight excluding hydrogens is 462 g/mol. The zero-order valence-electron chi connectivity index (χ0n) is 19.3. The average molecular weight is 483 g/mol. The van der Waals surface area contributed by atoms with Gasteiger partial charge in [-0.1, -0.05) is 30.3 Å². The normalized spacial score (nSPS) is 17.1. The average Bonchev–Trinajstić information content (AvgIpc) is 3.47. The van der Waals surface area contributed by atoms with E-state index in [0.717, 1.165) is 5.39 Å². The number of hydrogen-bond donors (Lipinski definition) is 1. The molecule has 0 radical (unpaired) electrons. The minimum absolute atomic E-state index is 0.0301. The lowest BCUT2D eigenvalue weighted by molar-refractivity contribution is -0.117. The van der Waals surface area contributed by atoms with E-state index in [0.29, 0.717) is 47.3 Å². The van der Waals surface area contributed by atoms with Gasteiger partial charge in [0.25, 0.3) is 5.91 Å². The second-order valence-electron chi connectivity index (χ2n) is 8.42. The van der Waals surface area contributed by atoms with Crippen LogP contribution < -0.4 is 19.1 Å². The van der Waals surface area contributed by atoms with Crippen LogP contribution in [-0.4, -0.2) is 37.1 Å². The minimum Gasteiger partial charge on any atom is -0.503 e. The van der Waals surface area contributed by atoms with E-state index in [4.69, 9.17) is 18.6 Å². The molecule has 3 heterocycles. The molecule has 0 bridgehead atoms. The summed E-state index contributed by atoms with van der Waals surface area (Å²) < 4.78 is 22.5. The van der Waals surface area contributed by atoms with E-state index in [-0.39, 0.29) is 11.3 Å². The van der Waals surface area contributed by atoms with Gasteiger partial charge in [-0.2, -0.15) is 0 Å². The highest BCUT2D eigenvalue weighted by Crippen LogP contribution is 2.45. The summed E-state index contributed by atoms with van der Waals surface area (Å²) in [5.74, 6) is -0.309. The summed E-state index contributed by atoms with van der Waals surface area (Å²) >= 11 is 0. The fraction of sp³-hybridized carbons (Fsp3) is 0.143. The number of furan rings is 1. The molecule has 1 N–H and O–H groups in total. The van der Waals surface area contributed by atoms with Crippen LogP contribution >= 0.6 is 0 Å². The van der Waals surface area contributed by atoms with E-state index < -0.39 is 23.5 Å². The number of nitrogens with zero attached hydrogens (tertiary/aromatic N) is 1. The van der Waals surface area contributed by atoms with Crippen molar-refractivity contribution in [1.29, 1.82) is 0 Å². The van der Waals surface area contributed by atoms with Gasteiger partial charge in [-0.05, 0) is 42.0 Å². The monoisotopic (exact) mass is 483 g/mol. The molecule has 36 heavy (non-hydrogen) atoms. The van der Waals surface area contributed by atoms with E-state index >= 15 is 0 Å². The predicted octanol–water partition coefficient (Wildman–Crippen LogP) is 5.00. The highest BCUT2D eigenvalue weighted by molar-refractivity contribution is 6.20. The molecule has 0 saturated heterocycles. The first kappa shape index (κ1) is 21.8. The standard InChI is InChI=1S/C28H21NO7/c1-33-19-7-4-6-17(13-19)25-24(26(30)23-14-16-5-2-3-8-20(16)36-23)27(31)28(32)29(25)18-9-10-21-22(15-18)35-12-11-34-21/h2-10,13-15,25,31H,11-12H2,1H3. The maximum Gasteiger partial charge on any atom is 0.294 e. The molecular formula is C28H21NO7. The number of carbonyl (C=O) groups is 2. The molecule has 4 aromatic rings. The van der Waals surface area contributed by atoms with Gasteiger partial charge in [0.1, 0.15) is 24.5 Å². The van der Waals surface area contributed by atoms with Crippen LogP contribution in [0.1, 0.15) is 22.2 Å². The van der Waals surface area contributed by atoms with Crippen molar-refractivity contribution >= 4 is 28.3 Å². The van der Waals surface area contributed by atoms with Crippen molar-refractivity contribution in [3.05, 3.63) is 95.5 Å². The molecule has 2 aliphatic heterocycles. The number of aliphatic hydroxyl groups excluding tert-OH is 1. The highest BCUT2D eigenvalue weighted by Gasteiger charge is 2.45. The quantitative estimate of drug-likeness (QED) is 0.399. The fourth-order valence-corrected chi connectivity index (χ4v) is 4.64. The Morgan fingerprint density at radius 2 is 1.78 bits per heavy atom. The summed E-state index contributed by atoms with van der Waals surface area (Å²) in [7, 11) is 1.53. The lowest BCUT2D eigenvalue weighted by atomic mass is 9.94. The first-order valence-corrected chi connectivity index (χ1v) is 11.4. The molecule has 8 nitrogen and oxygen atoms in total. The first-order chi connectivity index (χ1) is 17.5. The third-order valence-corrected chi connectivity index (χ3v) is 6.32. The van der Waals surface area contributed by atoms with Crippen LogP contribution in [0, 0.1) is 0 Å². The van der Waals surface area contributed by atoms with E-state index in [1.807, 2.05) is 12.1 Å². The van der Waals surface area contributed by atoms with Crippen molar-refractivity contribution < 1.29 is 33.3 Å². The summed E-state index contributed by atoms with van der Waals surface area (Å²) in [6.45, 7) is 0.808. The minimum atomic E-state index is -0.934. The van der Waals surface area contributed by atoms with Crippen LogP contribution in [0.15, 0.2) is 88.5 Å². The smallest absolute Gasteiger partial charge is 0.294 e. The van der Waals surface area contributed by atoms with Crippen LogP contribution in [-0.2, 0) is 4.79 Å². The van der Waals surface area contributed by atoms with Gasteiger partial charge in [0.15, 0.2) is 23.0 Å². The van der Waals surface area contributed by atoms with Gasteiger partial charge in [-0.25, -0.2) is 0 Å². The molecule has 0 saturated carbocycles. The summed E-state index contributed by atoms with van der Waals surface area (Å²) in [5.41, 5.74) is 1.48. The number of rotatable bonds is 5. The SMILES string of the molecule is COc1cccc(C2C(C(=O)c3cc4ccccc4o3)=C(O)C(=O)N2c2ccc3c(c2)OCCO3)c1. The number of para-hydroxylation sites is 1. The Bertz CT molecular complexity index is 1520. The summed E-state index contributed by atoms with van der Waals surface area (Å²) in [5, 5.41) is 11.8. The molecule has 1 unspecified atom stereocenters. The van der Waals surface area contributed by atoms with Crippen LogP contribution in [0.5, 0.6) is 17.2 Å². The summed E-state index contributed by atoms with van der Waals surface area (Å²) in [6, 6.07) is 20.0. The Morgan fingerprint density at radius 3 is 2.58 bits per heavy atom. The Balaban J connectivity index is 1.50. The van der Waals surface area contributed by atoms with Crippen LogP contribution in [0.3, 0.4) is 0 Å². The van der Waals surface area contributed by atoms with E-state index in [9.17, 15) is 14.7 Å². The number of aliphatic hydroxyl groups is 1. The van der Waals surface area contributed by atoms with Gasteiger partial charge < -0.3 is 23.7 Å². The lowest BCUT2D eigenvalue weighted by Gasteiger charge is -2.28. The second-order valence-corrected chi connectivity index (χ2v) is 8.42. The van der Waals surface area contributed by atoms with Crippen molar-refractivity contribution in [2.45, 2.75) is 6.04 Å². The molecule has 0 aliphatic carbocycles. The number of anilines is 1. The Morgan fingerprint density at radius 1 is 0.972 bits per heavy atom. The van der Waals surface area contributed by atoms with E-state index in [2.05, 4.69) is 0 Å². The molecule has 6 rings (SSSR count). The number of Topliss-reactive ketones (excluding diaryl/α,β-unsaturated/α-hetero) is 1. The molecule has 3 aromatic carbocycles. The zero-order valence-corrected chi connectivity index (χ0v) is 19.3. The molecule has 0 fully saturated rings. The third-order valence-electron chi connectivity index (χ3n) is 6.32. The van der Waals surface area contributed by atoms with Gasteiger partial charge in [-0.3, -0.25) is 14.5 Å². The zero-order chi connectivity index (χ0) is 24.8. The van der Waals surface area contributed by atoms with Gasteiger partial charge >= 0.3 is 0 Å². The number of methoxy groups -OCH3 is 1. The number of ketones is 1. The predicted molar refractivity (Wildman–Crippen MR) is 131 cm³/mol. The number of ether oxygens (including phenoxy) is 3. The molecule has 1 atom stereocenters. The Kier molecular flexibility index (Phi) is 5.14. The van der Waals surface area contributed by atoms with Crippen molar-refractivity contribution in [2.24, 2.45) is 0 Å². The van der Waals surface area contributed by atoms with Crippen molar-refractivity contribution in [1.82, 2.24) is 0 Å². The molecule has 1 aromatic heterocycles. The Labute approximate surface area is 205 Å². The van der Waals surface area contributed by atoms with Gasteiger partial charge in [0.05, 0.1) is 18.7 Å². The van der Waals surface area contributed by atoms with Crippen molar-refractivity contribution in [3.8, 4) is 17.2 Å². The van der Waals surface area contributed by atoms with Crippen molar-refractivity contribution in [2.75, 3.05) is 25.2 Å². The highest BCUT2D eigenvalue weighted by atomic mass is 16.6. The van der Waals surface area contributed by atoms with Crippen LogP contribution in [0.4, 0.5) is 5.69 Å². The number of amides is 1. The number of hydrogen-bond acceptors (Lipinski definition) is 7. The van der Waals surface area contributed by atoms with E-state index in [1.165, 1.54) is 12.0 Å². The maximum absolute atomic E-state index is 13.8. The van der Waals surface area contributed by atoms with Crippen LogP contribution in [0.2, 0.25) is 0 Å². The molecule has 180 valence electrons. The molecule has 0 spiro atoms. The second kappa shape index (κ2) is 8.49. The van der Waals surface area contributed by atoms with Gasteiger partial charge in [-0.15, -0.1) is 0 Å². The van der Waals surface area contributed by atoms with E-state index in [1.54, 1.807) is 60.7 Å². The van der Waals surface area contributed by atoms with Crippen LogP contribution in [0.25, 0.3) is 11.0 Å². The lowest BCUT2D eigenvalue weighted by Crippen LogP contribution is -2.31. The largest absolute Gasteiger partial charge is 0.503 e. The molecule has 1 amide bonds. The van der Waals surface area contributed by atoms with Gasteiger partial charge in [0, 0.05) is 17.1 Å². The molecule has 2 aliphatic rings. The number of benzene rings is 3.